The summed E-state index contributed by atoms with van der Waals surface area (Å²) >= 11 is 0. The van der Waals surface area contributed by atoms with Crippen LogP contribution in [0.1, 0.15) is 78.6 Å². The molecule has 1 aliphatic heterocycles. The van der Waals surface area contributed by atoms with Gasteiger partial charge in [0.05, 0.1) is 12.2 Å². The second-order valence-electron chi connectivity index (χ2n) is 11.4. The zero-order valence-corrected chi connectivity index (χ0v) is 19.8. The lowest BCUT2D eigenvalue weighted by Gasteiger charge is -2.44. The Morgan fingerprint density at radius 2 is 2.00 bits per heavy atom. The summed E-state index contributed by atoms with van der Waals surface area (Å²) in [6, 6.07) is 0. The van der Waals surface area contributed by atoms with Crippen molar-refractivity contribution >= 4 is 5.97 Å². The maximum absolute atomic E-state index is 11.9. The highest BCUT2D eigenvalue weighted by Crippen LogP contribution is 2.60. The summed E-state index contributed by atoms with van der Waals surface area (Å²) in [5.41, 5.74) is 2.08. The van der Waals surface area contributed by atoms with Crippen molar-refractivity contribution in [2.75, 3.05) is 0 Å². The first-order valence-corrected chi connectivity index (χ1v) is 12.4. The highest BCUT2D eigenvalue weighted by Gasteiger charge is 2.52. The fourth-order valence-electron chi connectivity index (χ4n) is 7.24. The minimum Gasteiger partial charge on any atom is -0.460 e. The molecule has 5 nitrogen and oxygen atoms in total. The highest BCUT2D eigenvalue weighted by molar-refractivity contribution is 5.80. The van der Waals surface area contributed by atoms with Crippen LogP contribution >= 0.6 is 0 Å². The maximum atomic E-state index is 11.9. The van der Waals surface area contributed by atoms with E-state index in [-0.39, 0.29) is 11.5 Å². The summed E-state index contributed by atoms with van der Waals surface area (Å²) in [5, 5.41) is 30.4. The van der Waals surface area contributed by atoms with Gasteiger partial charge < -0.3 is 20.1 Å². The summed E-state index contributed by atoms with van der Waals surface area (Å²) in [4.78, 5) is 11.9. The topological polar surface area (TPSA) is 87.0 Å². The van der Waals surface area contributed by atoms with E-state index in [1.165, 1.54) is 31.3 Å². The predicted molar refractivity (Wildman–Crippen MR) is 124 cm³/mol. The Morgan fingerprint density at radius 3 is 2.69 bits per heavy atom. The van der Waals surface area contributed by atoms with E-state index in [1.807, 2.05) is 0 Å². The van der Waals surface area contributed by atoms with Crippen LogP contribution in [0.3, 0.4) is 0 Å². The number of hydrogen-bond donors (Lipinski definition) is 3. The normalized spacial score (nSPS) is 45.9. The molecule has 1 saturated heterocycles. The number of aliphatic hydroxyl groups excluding tert-OH is 2. The number of carbonyl (C=O) groups excluding carboxylic acids is 1. The summed E-state index contributed by atoms with van der Waals surface area (Å²) in [7, 11) is 0. The van der Waals surface area contributed by atoms with Gasteiger partial charge in [0.15, 0.2) is 5.60 Å². The SMILES string of the molecule is C=C1/C(=C\C=C2/CCC[C@]3(C)[C@@H]([C@H](C)C[C@@H]4C[C@](C)(O)C(=O)O4)CC[C@@H]23)C[C@@H](O)C[C@@H]1O. The van der Waals surface area contributed by atoms with Crippen molar-refractivity contribution < 1.29 is 24.9 Å². The first-order chi connectivity index (χ1) is 15.0. The second-order valence-corrected chi connectivity index (χ2v) is 11.4. The van der Waals surface area contributed by atoms with Crippen LogP contribution in [0.2, 0.25) is 0 Å². The van der Waals surface area contributed by atoms with Crippen molar-refractivity contribution in [1.29, 1.82) is 0 Å². The van der Waals surface area contributed by atoms with Gasteiger partial charge in [-0.2, -0.15) is 0 Å². The zero-order valence-electron chi connectivity index (χ0n) is 19.8. The first-order valence-electron chi connectivity index (χ1n) is 12.4. The van der Waals surface area contributed by atoms with Crippen LogP contribution in [0.15, 0.2) is 35.5 Å². The summed E-state index contributed by atoms with van der Waals surface area (Å²) < 4.78 is 5.47. The summed E-state index contributed by atoms with van der Waals surface area (Å²) in [6.07, 6.45) is 11.0. The molecule has 5 heteroatoms. The molecule has 3 saturated carbocycles. The van der Waals surface area contributed by atoms with Gasteiger partial charge in [0.25, 0.3) is 0 Å². The van der Waals surface area contributed by atoms with Crippen molar-refractivity contribution in [2.24, 2.45) is 23.2 Å². The fourth-order valence-corrected chi connectivity index (χ4v) is 7.24. The summed E-state index contributed by atoms with van der Waals surface area (Å²) in [5.74, 6) is 1.06. The highest BCUT2D eigenvalue weighted by atomic mass is 16.6. The van der Waals surface area contributed by atoms with Crippen LogP contribution in [0.25, 0.3) is 0 Å². The molecule has 4 aliphatic rings. The molecule has 0 bridgehead atoms. The molecule has 1 heterocycles. The number of hydrogen-bond acceptors (Lipinski definition) is 5. The average molecular weight is 445 g/mol. The van der Waals surface area contributed by atoms with Gasteiger partial charge in [-0.05, 0) is 86.2 Å². The van der Waals surface area contributed by atoms with Crippen LogP contribution in [0, 0.1) is 23.2 Å². The number of carbonyl (C=O) groups is 1. The Balaban J connectivity index is 1.47. The molecule has 8 atom stereocenters. The van der Waals surface area contributed by atoms with Crippen molar-refractivity contribution in [3.63, 3.8) is 0 Å². The van der Waals surface area contributed by atoms with Crippen molar-refractivity contribution in [1.82, 2.24) is 0 Å². The molecule has 0 aromatic rings. The molecule has 32 heavy (non-hydrogen) atoms. The molecule has 3 aliphatic carbocycles. The Kier molecular flexibility index (Phi) is 6.47. The van der Waals surface area contributed by atoms with E-state index in [1.54, 1.807) is 6.92 Å². The van der Waals surface area contributed by atoms with Gasteiger partial charge in [-0.1, -0.05) is 38.2 Å². The van der Waals surface area contributed by atoms with E-state index in [9.17, 15) is 20.1 Å². The first kappa shape index (κ1) is 23.7. The van der Waals surface area contributed by atoms with Gasteiger partial charge >= 0.3 is 5.97 Å². The quantitative estimate of drug-likeness (QED) is 0.565. The molecular formula is C27H40O5. The predicted octanol–water partition coefficient (Wildman–Crippen LogP) is 4.22. The summed E-state index contributed by atoms with van der Waals surface area (Å²) in [6.45, 7) is 10.3. The van der Waals surface area contributed by atoms with Gasteiger partial charge in [0.2, 0.25) is 0 Å². The van der Waals surface area contributed by atoms with Crippen molar-refractivity contribution in [3.05, 3.63) is 35.5 Å². The smallest absolute Gasteiger partial charge is 0.338 e. The number of aliphatic hydroxyl groups is 3. The Morgan fingerprint density at radius 1 is 1.25 bits per heavy atom. The molecule has 4 fully saturated rings. The minimum atomic E-state index is -1.34. The van der Waals surface area contributed by atoms with Crippen molar-refractivity contribution in [2.45, 2.75) is 102 Å². The van der Waals surface area contributed by atoms with E-state index in [0.717, 1.165) is 24.0 Å². The Labute approximate surface area is 192 Å². The molecular weight excluding hydrogens is 404 g/mol. The van der Waals surface area contributed by atoms with Gasteiger partial charge in [0.1, 0.15) is 6.10 Å². The molecule has 0 amide bonds. The number of esters is 1. The lowest BCUT2D eigenvalue weighted by Crippen LogP contribution is -2.36. The van der Waals surface area contributed by atoms with Crippen molar-refractivity contribution in [3.8, 4) is 0 Å². The number of rotatable bonds is 4. The molecule has 0 radical (unpaired) electrons. The van der Waals surface area contributed by atoms with Gasteiger partial charge in [-0.15, -0.1) is 0 Å². The standard InChI is InChI=1S/C27H40O5/c1-16(12-21-15-27(4,31)25(30)32-21)22-9-10-23-18(6-5-11-26(22,23)3)7-8-19-13-20(28)14-24(29)17(19)2/h7-8,16,20-24,28-29,31H,2,5-6,9-15H2,1,3-4H3/b18-7+,19-8-/t16-,20-,21-,22-,23+,24+,26-,27+/m1/s1. The molecule has 178 valence electrons. The van der Waals surface area contributed by atoms with Crippen LogP contribution in [0.5, 0.6) is 0 Å². The third-order valence-electron chi connectivity index (χ3n) is 8.96. The minimum absolute atomic E-state index is 0.186. The van der Waals surface area contributed by atoms with Crippen LogP contribution in [-0.4, -0.2) is 45.2 Å². The number of ether oxygens (including phenoxy) is 1. The molecule has 0 unspecified atom stereocenters. The number of cyclic esters (lactones) is 1. The van der Waals surface area contributed by atoms with E-state index >= 15 is 0 Å². The Hall–Kier alpha value is -1.43. The van der Waals surface area contributed by atoms with E-state index in [0.29, 0.717) is 37.0 Å². The van der Waals surface area contributed by atoms with E-state index < -0.39 is 23.8 Å². The third kappa shape index (κ3) is 4.36. The van der Waals surface area contributed by atoms with Gasteiger partial charge in [0, 0.05) is 12.8 Å². The van der Waals surface area contributed by atoms with Crippen LogP contribution in [-0.2, 0) is 9.53 Å². The molecule has 0 aromatic heterocycles. The zero-order chi connectivity index (χ0) is 23.3. The lowest BCUT2D eigenvalue weighted by atomic mass is 9.60. The number of allylic oxidation sites excluding steroid dienone is 3. The average Bonchev–Trinajstić information content (AvgIpc) is 3.18. The fraction of sp³-hybridized carbons (Fsp3) is 0.741. The molecule has 4 rings (SSSR count). The largest absolute Gasteiger partial charge is 0.460 e. The third-order valence-corrected chi connectivity index (χ3v) is 8.96. The van der Waals surface area contributed by atoms with Crippen LogP contribution in [0.4, 0.5) is 0 Å². The Bertz CT molecular complexity index is 824. The molecule has 0 spiro atoms. The van der Waals surface area contributed by atoms with Gasteiger partial charge in [-0.25, -0.2) is 4.79 Å². The lowest BCUT2D eigenvalue weighted by molar-refractivity contribution is -0.154. The number of fused-ring (bicyclic) bond motifs is 1. The second kappa shape index (κ2) is 8.73. The van der Waals surface area contributed by atoms with E-state index in [2.05, 4.69) is 32.6 Å². The van der Waals surface area contributed by atoms with Gasteiger partial charge in [-0.3, -0.25) is 0 Å². The maximum Gasteiger partial charge on any atom is 0.338 e. The van der Waals surface area contributed by atoms with Crippen LogP contribution < -0.4 is 0 Å². The monoisotopic (exact) mass is 444 g/mol. The molecule has 3 N–H and O–H groups in total. The van der Waals surface area contributed by atoms with E-state index in [4.69, 9.17) is 4.74 Å². The molecule has 0 aromatic carbocycles.